The molecule has 36 heavy (non-hydrogen) atoms. The summed E-state index contributed by atoms with van der Waals surface area (Å²) in [7, 11) is 4.65. The number of hydrogen-bond acceptors (Lipinski definition) is 6. The molecule has 0 saturated carbocycles. The number of amides is 2. The lowest BCUT2D eigenvalue weighted by Gasteiger charge is -2.22. The van der Waals surface area contributed by atoms with Gasteiger partial charge < -0.3 is 24.4 Å². The lowest BCUT2D eigenvalue weighted by Crippen LogP contribution is -2.38. The first-order chi connectivity index (χ1) is 17.3. The number of hydrogen-bond donors (Lipinski definition) is 1. The molecule has 1 heterocycles. The summed E-state index contributed by atoms with van der Waals surface area (Å²) in [4.78, 5) is 28.8. The lowest BCUT2D eigenvalue weighted by atomic mass is 10.1. The van der Waals surface area contributed by atoms with Crippen LogP contribution in [0, 0.1) is 0 Å². The predicted molar refractivity (Wildman–Crippen MR) is 143 cm³/mol. The monoisotopic (exact) mass is 546 g/mol. The van der Waals surface area contributed by atoms with E-state index in [1.807, 2.05) is 36.4 Å². The third-order valence-electron chi connectivity index (χ3n) is 5.65. The highest BCUT2D eigenvalue weighted by atomic mass is 35.5. The lowest BCUT2D eigenvalue weighted by molar-refractivity contribution is -0.121. The molecule has 4 rings (SSSR count). The molecule has 0 bridgehead atoms. The average Bonchev–Trinajstić information content (AvgIpc) is 3.01. The number of carbonyl (C=O) groups excluding carboxylic acids is 2. The number of nitrogens with one attached hydrogen (secondary N) is 1. The van der Waals surface area contributed by atoms with Crippen molar-refractivity contribution in [3.8, 4) is 17.2 Å². The Balaban J connectivity index is 1.63. The van der Waals surface area contributed by atoms with Gasteiger partial charge in [-0.15, -0.1) is 11.8 Å². The van der Waals surface area contributed by atoms with Gasteiger partial charge in [-0.25, -0.2) is 0 Å². The van der Waals surface area contributed by atoms with Crippen LogP contribution in [0.15, 0.2) is 59.5 Å². The van der Waals surface area contributed by atoms with Gasteiger partial charge >= 0.3 is 0 Å². The maximum Gasteiger partial charge on any atom is 0.244 e. The van der Waals surface area contributed by atoms with Gasteiger partial charge in [-0.3, -0.25) is 9.59 Å². The zero-order valence-corrected chi connectivity index (χ0v) is 22.2. The van der Waals surface area contributed by atoms with Crippen molar-refractivity contribution in [3.05, 3.63) is 70.2 Å². The first kappa shape index (κ1) is 26.0. The summed E-state index contributed by atoms with van der Waals surface area (Å²) in [6.45, 7) is -0.154. The minimum absolute atomic E-state index is 0.154. The molecule has 188 valence electrons. The second-order valence-corrected chi connectivity index (χ2v) is 9.95. The molecule has 2 amide bonds. The highest BCUT2D eigenvalue weighted by Crippen LogP contribution is 2.49. The maximum absolute atomic E-state index is 13.5. The van der Waals surface area contributed by atoms with Crippen molar-refractivity contribution in [3.63, 3.8) is 0 Å². The Bertz CT molecular complexity index is 1280. The zero-order chi connectivity index (χ0) is 25.8. The smallest absolute Gasteiger partial charge is 0.244 e. The highest BCUT2D eigenvalue weighted by Gasteiger charge is 2.31. The second-order valence-electron chi connectivity index (χ2n) is 7.89. The molecule has 0 spiro atoms. The fraction of sp³-hybridized carbons (Fsp3) is 0.231. The van der Waals surface area contributed by atoms with E-state index in [4.69, 9.17) is 37.4 Å². The molecule has 0 fully saturated rings. The number of fused-ring (bicyclic) bond motifs is 1. The van der Waals surface area contributed by atoms with Gasteiger partial charge in [0.1, 0.15) is 6.54 Å². The van der Waals surface area contributed by atoms with Crippen molar-refractivity contribution in [2.45, 2.75) is 16.6 Å². The standard InChI is InChI=1S/C26H24Cl2N2O5S/c1-33-20-10-15(11-21(34-2)26(20)35-3)23-13-25(32)30(19-6-4-5-7-22(19)36-23)14-24(31)29-16-8-9-17(27)18(28)12-16/h4-12,23H,13-14H2,1-3H3,(H,29,31). The molecule has 3 aromatic rings. The summed E-state index contributed by atoms with van der Waals surface area (Å²) in [6, 6.07) is 16.0. The van der Waals surface area contributed by atoms with Crippen LogP contribution in [0.5, 0.6) is 17.2 Å². The number of nitrogens with zero attached hydrogens (tertiary/aromatic N) is 1. The van der Waals surface area contributed by atoms with Crippen molar-refractivity contribution in [1.82, 2.24) is 0 Å². The van der Waals surface area contributed by atoms with Crippen LogP contribution in [-0.4, -0.2) is 39.7 Å². The van der Waals surface area contributed by atoms with Crippen LogP contribution in [0.4, 0.5) is 11.4 Å². The number of methoxy groups -OCH3 is 3. The Labute approximate surface area is 223 Å². The maximum atomic E-state index is 13.5. The van der Waals surface area contributed by atoms with Crippen LogP contribution in [0.25, 0.3) is 0 Å². The molecular formula is C26H24Cl2N2O5S. The Morgan fingerprint density at radius 2 is 1.69 bits per heavy atom. The van der Waals surface area contributed by atoms with Gasteiger partial charge in [-0.2, -0.15) is 0 Å². The van der Waals surface area contributed by atoms with Crippen LogP contribution in [-0.2, 0) is 9.59 Å². The summed E-state index contributed by atoms with van der Waals surface area (Å²) >= 11 is 13.6. The molecule has 0 radical (unpaired) electrons. The molecule has 0 aliphatic carbocycles. The molecule has 1 atom stereocenters. The Hall–Kier alpha value is -3.07. The van der Waals surface area contributed by atoms with Crippen LogP contribution in [0.2, 0.25) is 10.0 Å². The van der Waals surface area contributed by atoms with E-state index in [1.54, 1.807) is 51.3 Å². The van der Waals surface area contributed by atoms with Crippen molar-refractivity contribution in [1.29, 1.82) is 0 Å². The predicted octanol–water partition coefficient (Wildman–Crippen LogP) is 6.23. The molecule has 0 aromatic heterocycles. The Morgan fingerprint density at radius 3 is 2.33 bits per heavy atom. The summed E-state index contributed by atoms with van der Waals surface area (Å²) in [5, 5.41) is 3.26. The number of thioether (sulfide) groups is 1. The van der Waals surface area contributed by atoms with E-state index in [9.17, 15) is 9.59 Å². The quantitative estimate of drug-likeness (QED) is 0.378. The molecule has 3 aromatic carbocycles. The largest absolute Gasteiger partial charge is 0.493 e. The van der Waals surface area contributed by atoms with E-state index in [-0.39, 0.29) is 30.0 Å². The van der Waals surface area contributed by atoms with E-state index in [1.165, 1.54) is 4.90 Å². The van der Waals surface area contributed by atoms with E-state index >= 15 is 0 Å². The molecule has 7 nitrogen and oxygen atoms in total. The van der Waals surface area contributed by atoms with Crippen LogP contribution < -0.4 is 24.4 Å². The average molecular weight is 547 g/mol. The first-order valence-electron chi connectivity index (χ1n) is 11.0. The molecular weight excluding hydrogens is 523 g/mol. The van der Waals surface area contributed by atoms with Gasteiger partial charge in [0.25, 0.3) is 0 Å². The number of carbonyl (C=O) groups is 2. The number of rotatable bonds is 7. The van der Waals surface area contributed by atoms with Gasteiger partial charge in [-0.1, -0.05) is 35.3 Å². The molecule has 1 N–H and O–H groups in total. The molecule has 1 unspecified atom stereocenters. The minimum Gasteiger partial charge on any atom is -0.493 e. The summed E-state index contributed by atoms with van der Waals surface area (Å²) in [6.07, 6.45) is 0.165. The third-order valence-corrected chi connectivity index (χ3v) is 7.71. The topological polar surface area (TPSA) is 77.1 Å². The number of ether oxygens (including phenoxy) is 3. The minimum atomic E-state index is -0.354. The normalized spacial score (nSPS) is 15.1. The molecule has 1 aliphatic rings. The van der Waals surface area contributed by atoms with Crippen molar-refractivity contribution >= 4 is 58.2 Å². The van der Waals surface area contributed by atoms with Crippen molar-refractivity contribution in [2.75, 3.05) is 38.1 Å². The fourth-order valence-corrected chi connectivity index (χ4v) is 5.50. The third kappa shape index (κ3) is 5.51. The molecule has 0 saturated heterocycles. The van der Waals surface area contributed by atoms with Gasteiger partial charge in [-0.05, 0) is 48.0 Å². The molecule has 1 aliphatic heterocycles. The van der Waals surface area contributed by atoms with Crippen LogP contribution in [0.3, 0.4) is 0 Å². The van der Waals surface area contributed by atoms with Gasteiger partial charge in [0.2, 0.25) is 17.6 Å². The van der Waals surface area contributed by atoms with Crippen molar-refractivity contribution in [2.24, 2.45) is 0 Å². The van der Waals surface area contributed by atoms with Crippen LogP contribution >= 0.6 is 35.0 Å². The Morgan fingerprint density at radius 1 is 1.00 bits per heavy atom. The fourth-order valence-electron chi connectivity index (χ4n) is 3.94. The second kappa shape index (κ2) is 11.3. The van der Waals surface area contributed by atoms with Gasteiger partial charge in [0, 0.05) is 22.3 Å². The van der Waals surface area contributed by atoms with E-state index in [2.05, 4.69) is 5.32 Å². The summed E-state index contributed by atoms with van der Waals surface area (Å²) in [5.41, 5.74) is 2.01. The Kier molecular flexibility index (Phi) is 8.18. The number of halogens is 2. The zero-order valence-electron chi connectivity index (χ0n) is 19.8. The van der Waals surface area contributed by atoms with Crippen LogP contribution in [0.1, 0.15) is 17.2 Å². The summed E-state index contributed by atoms with van der Waals surface area (Å²) in [5.74, 6) is 0.962. The van der Waals surface area contributed by atoms with Gasteiger partial charge in [0.15, 0.2) is 11.5 Å². The molecule has 10 heteroatoms. The number of benzene rings is 3. The van der Waals surface area contributed by atoms with Gasteiger partial charge in [0.05, 0.1) is 37.1 Å². The van der Waals surface area contributed by atoms with Crippen molar-refractivity contribution < 1.29 is 23.8 Å². The number of anilines is 2. The van der Waals surface area contributed by atoms with E-state index < -0.39 is 0 Å². The number of para-hydroxylation sites is 1. The van der Waals surface area contributed by atoms with E-state index in [0.717, 1.165) is 10.5 Å². The summed E-state index contributed by atoms with van der Waals surface area (Å²) < 4.78 is 16.4. The van der Waals surface area contributed by atoms with E-state index in [0.29, 0.717) is 38.7 Å². The SMILES string of the molecule is COc1cc(C2CC(=O)N(CC(=O)Nc3ccc(Cl)c(Cl)c3)c3ccccc3S2)cc(OC)c1OC. The highest BCUT2D eigenvalue weighted by molar-refractivity contribution is 7.99. The first-order valence-corrected chi connectivity index (χ1v) is 12.6.